The van der Waals surface area contributed by atoms with Gasteiger partial charge in [0.1, 0.15) is 0 Å². The van der Waals surface area contributed by atoms with Gasteiger partial charge >= 0.3 is 0 Å². The summed E-state index contributed by atoms with van der Waals surface area (Å²) in [6, 6.07) is 12.5. The molecule has 1 heterocycles. The van der Waals surface area contributed by atoms with Gasteiger partial charge in [0.25, 0.3) is 0 Å². The lowest BCUT2D eigenvalue weighted by Crippen LogP contribution is -2.28. The molecule has 6 nitrogen and oxygen atoms in total. The van der Waals surface area contributed by atoms with E-state index in [0.717, 1.165) is 18.4 Å². The van der Waals surface area contributed by atoms with Crippen molar-refractivity contribution in [3.05, 3.63) is 59.1 Å². The van der Waals surface area contributed by atoms with Crippen LogP contribution in [0.2, 0.25) is 5.02 Å². The van der Waals surface area contributed by atoms with E-state index in [9.17, 15) is 16.8 Å². The number of rotatable bonds is 7. The molecule has 1 aliphatic rings. The molecule has 1 fully saturated rings. The Morgan fingerprint density at radius 1 is 0.852 bits per heavy atom. The van der Waals surface area contributed by atoms with Gasteiger partial charge in [0.15, 0.2) is 0 Å². The van der Waals surface area contributed by atoms with Gasteiger partial charge < -0.3 is 0 Å². The molecule has 1 saturated heterocycles. The Balaban J connectivity index is 1.59. The fourth-order valence-corrected chi connectivity index (χ4v) is 5.61. The standard InChI is InChI=1S/C18H21ClN2O4S2/c19-16-5-9-17(10-6-16)26(22,23)20-12-11-15-3-7-18(8-4-15)27(24,25)21-13-1-2-14-21/h3-10,20H,1-2,11-14H2. The summed E-state index contributed by atoms with van der Waals surface area (Å²) in [6.07, 6.45) is 2.24. The first-order valence-electron chi connectivity index (χ1n) is 8.63. The molecule has 0 saturated carbocycles. The third kappa shape index (κ3) is 4.89. The quantitative estimate of drug-likeness (QED) is 0.734. The molecule has 0 atom stereocenters. The highest BCUT2D eigenvalue weighted by Crippen LogP contribution is 2.21. The fourth-order valence-electron chi connectivity index (χ4n) is 2.93. The van der Waals surface area contributed by atoms with Crippen LogP contribution in [0.5, 0.6) is 0 Å². The van der Waals surface area contributed by atoms with Crippen LogP contribution in [0.15, 0.2) is 58.3 Å². The SMILES string of the molecule is O=S(=O)(NCCc1ccc(S(=O)(=O)N2CCCC2)cc1)c1ccc(Cl)cc1. The lowest BCUT2D eigenvalue weighted by Gasteiger charge is -2.15. The van der Waals surface area contributed by atoms with Crippen molar-refractivity contribution in [2.24, 2.45) is 0 Å². The largest absolute Gasteiger partial charge is 0.243 e. The van der Waals surface area contributed by atoms with Crippen LogP contribution in [-0.2, 0) is 26.5 Å². The number of hydrogen-bond donors (Lipinski definition) is 1. The zero-order valence-electron chi connectivity index (χ0n) is 14.6. The first-order valence-corrected chi connectivity index (χ1v) is 11.9. The van der Waals surface area contributed by atoms with Crippen LogP contribution in [0, 0.1) is 0 Å². The van der Waals surface area contributed by atoms with E-state index < -0.39 is 20.0 Å². The lowest BCUT2D eigenvalue weighted by atomic mass is 10.2. The number of nitrogens with zero attached hydrogens (tertiary/aromatic N) is 1. The average Bonchev–Trinajstić information content (AvgIpc) is 3.18. The highest BCUT2D eigenvalue weighted by molar-refractivity contribution is 7.89. The summed E-state index contributed by atoms with van der Waals surface area (Å²) in [6.45, 7) is 1.34. The van der Waals surface area contributed by atoms with Gasteiger partial charge in [-0.1, -0.05) is 23.7 Å². The summed E-state index contributed by atoms with van der Waals surface area (Å²) in [7, 11) is -7.03. The van der Waals surface area contributed by atoms with Crippen molar-refractivity contribution in [2.45, 2.75) is 29.1 Å². The number of sulfonamides is 2. The van der Waals surface area contributed by atoms with Crippen molar-refractivity contribution in [2.75, 3.05) is 19.6 Å². The van der Waals surface area contributed by atoms with E-state index in [1.165, 1.54) is 28.6 Å². The number of benzene rings is 2. The van der Waals surface area contributed by atoms with Gasteiger partial charge in [-0.3, -0.25) is 0 Å². The molecule has 0 bridgehead atoms. The maximum absolute atomic E-state index is 12.5. The first-order chi connectivity index (χ1) is 12.8. The van der Waals surface area contributed by atoms with Crippen molar-refractivity contribution >= 4 is 31.6 Å². The van der Waals surface area contributed by atoms with E-state index in [4.69, 9.17) is 11.6 Å². The van der Waals surface area contributed by atoms with Crippen LogP contribution in [0.4, 0.5) is 0 Å². The second kappa shape index (κ2) is 8.28. The Morgan fingerprint density at radius 3 is 2.00 bits per heavy atom. The van der Waals surface area contributed by atoms with Gasteiger partial charge in [0.05, 0.1) is 9.79 Å². The molecule has 1 N–H and O–H groups in total. The number of halogens is 1. The van der Waals surface area contributed by atoms with Crippen LogP contribution in [0.3, 0.4) is 0 Å². The summed E-state index contributed by atoms with van der Waals surface area (Å²) in [5.74, 6) is 0. The van der Waals surface area contributed by atoms with Crippen LogP contribution in [-0.4, -0.2) is 40.8 Å². The Kier molecular flexibility index (Phi) is 6.22. The summed E-state index contributed by atoms with van der Waals surface area (Å²) in [4.78, 5) is 0.425. The molecule has 0 aromatic heterocycles. The van der Waals surface area contributed by atoms with Gasteiger partial charge in [-0.15, -0.1) is 0 Å². The second-order valence-electron chi connectivity index (χ2n) is 6.36. The summed E-state index contributed by atoms with van der Waals surface area (Å²) < 4.78 is 53.5. The first kappa shape index (κ1) is 20.3. The Labute approximate surface area is 165 Å². The summed E-state index contributed by atoms with van der Waals surface area (Å²) in [5, 5.41) is 0.470. The van der Waals surface area contributed by atoms with Gasteiger partial charge in [-0.05, 0) is 61.2 Å². The van der Waals surface area contributed by atoms with Crippen LogP contribution in [0.1, 0.15) is 18.4 Å². The summed E-state index contributed by atoms with van der Waals surface area (Å²) >= 11 is 5.77. The number of nitrogens with one attached hydrogen (secondary N) is 1. The molecular formula is C18H21ClN2O4S2. The van der Waals surface area contributed by atoms with Crippen molar-refractivity contribution < 1.29 is 16.8 Å². The molecule has 2 aromatic carbocycles. The summed E-state index contributed by atoms with van der Waals surface area (Å²) in [5.41, 5.74) is 0.856. The van der Waals surface area contributed by atoms with E-state index in [0.29, 0.717) is 24.5 Å². The maximum atomic E-state index is 12.5. The molecule has 0 spiro atoms. The molecule has 0 amide bonds. The highest BCUT2D eigenvalue weighted by atomic mass is 35.5. The third-order valence-electron chi connectivity index (χ3n) is 4.46. The predicted molar refractivity (Wildman–Crippen MR) is 105 cm³/mol. The molecular weight excluding hydrogens is 408 g/mol. The van der Waals surface area contributed by atoms with E-state index >= 15 is 0 Å². The predicted octanol–water partition coefficient (Wildman–Crippen LogP) is 2.65. The average molecular weight is 429 g/mol. The molecule has 3 rings (SSSR count). The highest BCUT2D eigenvalue weighted by Gasteiger charge is 2.26. The van der Waals surface area contributed by atoms with Crippen molar-refractivity contribution in [3.8, 4) is 0 Å². The van der Waals surface area contributed by atoms with Gasteiger partial charge in [-0.2, -0.15) is 4.31 Å². The molecule has 9 heteroatoms. The molecule has 146 valence electrons. The van der Waals surface area contributed by atoms with Gasteiger partial charge in [0, 0.05) is 24.7 Å². The zero-order valence-corrected chi connectivity index (χ0v) is 17.0. The van der Waals surface area contributed by atoms with E-state index in [2.05, 4.69) is 4.72 Å². The van der Waals surface area contributed by atoms with Crippen molar-refractivity contribution in [3.63, 3.8) is 0 Å². The topological polar surface area (TPSA) is 83.5 Å². The minimum atomic E-state index is -3.60. The number of hydrogen-bond acceptors (Lipinski definition) is 4. The van der Waals surface area contributed by atoms with Crippen LogP contribution in [0.25, 0.3) is 0 Å². The molecule has 0 aliphatic carbocycles. The molecule has 0 unspecified atom stereocenters. The maximum Gasteiger partial charge on any atom is 0.243 e. The second-order valence-corrected chi connectivity index (χ2v) is 10.5. The van der Waals surface area contributed by atoms with Crippen molar-refractivity contribution in [1.82, 2.24) is 9.03 Å². The lowest BCUT2D eigenvalue weighted by molar-refractivity contribution is 0.477. The minimum Gasteiger partial charge on any atom is -0.211 e. The van der Waals surface area contributed by atoms with E-state index in [1.54, 1.807) is 24.3 Å². The molecule has 1 aliphatic heterocycles. The van der Waals surface area contributed by atoms with E-state index in [-0.39, 0.29) is 16.3 Å². The fraction of sp³-hybridized carbons (Fsp3) is 0.333. The normalized spacial score (nSPS) is 15.9. The Hall–Kier alpha value is -1.45. The van der Waals surface area contributed by atoms with E-state index in [1.807, 2.05) is 0 Å². The van der Waals surface area contributed by atoms with Gasteiger partial charge in [-0.25, -0.2) is 21.6 Å². The molecule has 2 aromatic rings. The van der Waals surface area contributed by atoms with Gasteiger partial charge in [0.2, 0.25) is 20.0 Å². The van der Waals surface area contributed by atoms with Crippen molar-refractivity contribution in [1.29, 1.82) is 0 Å². The van der Waals surface area contributed by atoms with Crippen LogP contribution < -0.4 is 4.72 Å². The smallest absolute Gasteiger partial charge is 0.211 e. The Morgan fingerprint density at radius 2 is 1.41 bits per heavy atom. The third-order valence-corrected chi connectivity index (χ3v) is 8.10. The zero-order chi connectivity index (χ0) is 19.5. The Bertz CT molecular complexity index is 983. The molecule has 27 heavy (non-hydrogen) atoms. The monoisotopic (exact) mass is 428 g/mol. The molecule has 0 radical (unpaired) electrons. The van der Waals surface area contributed by atoms with Crippen LogP contribution >= 0.6 is 11.6 Å². The minimum absolute atomic E-state index is 0.152.